The molecular weight excluding hydrogens is 252 g/mol. The van der Waals surface area contributed by atoms with Gasteiger partial charge >= 0.3 is 0 Å². The number of carbonyl (C=O) groups excluding carboxylic acids is 1. The van der Waals surface area contributed by atoms with Crippen LogP contribution >= 0.6 is 0 Å². The smallest absolute Gasteiger partial charge is 0.199 e. The molecule has 0 spiro atoms. The molecule has 0 saturated carbocycles. The van der Waals surface area contributed by atoms with Crippen molar-refractivity contribution in [2.45, 2.75) is 4.90 Å². The number of rotatable bonds is 3. The zero-order valence-electron chi connectivity index (χ0n) is 9.24. The van der Waals surface area contributed by atoms with Crippen molar-refractivity contribution < 1.29 is 18.3 Å². The van der Waals surface area contributed by atoms with E-state index in [9.17, 15) is 18.3 Å². The maximum absolute atomic E-state index is 11.8. The second kappa shape index (κ2) is 4.62. The minimum atomic E-state index is -3.75. The summed E-state index contributed by atoms with van der Waals surface area (Å²) in [5, 5.41) is 12.6. The second-order valence-corrected chi connectivity index (χ2v) is 5.51. The third-order valence-corrected chi connectivity index (χ3v) is 3.84. The van der Waals surface area contributed by atoms with Crippen LogP contribution in [-0.4, -0.2) is 14.4 Å². The molecule has 2 aromatic carbocycles. The number of aliphatic carboxylic acids is 1. The van der Waals surface area contributed by atoms with Crippen molar-refractivity contribution in [3.05, 3.63) is 53.9 Å². The van der Waals surface area contributed by atoms with Gasteiger partial charge < -0.3 is 9.90 Å². The van der Waals surface area contributed by atoms with Crippen molar-refractivity contribution in [3.8, 4) is 0 Å². The van der Waals surface area contributed by atoms with Gasteiger partial charge in [0.15, 0.2) is 9.84 Å². The number of fused-ring (bicyclic) bond motifs is 1. The van der Waals surface area contributed by atoms with E-state index in [4.69, 9.17) is 0 Å². The molecule has 2 rings (SSSR count). The van der Waals surface area contributed by atoms with Crippen LogP contribution in [0.15, 0.2) is 58.8 Å². The average Bonchev–Trinajstić information content (AvgIpc) is 2.36. The zero-order valence-corrected chi connectivity index (χ0v) is 10.1. The number of hydrogen-bond donors (Lipinski definition) is 0. The number of sulfone groups is 1. The summed E-state index contributed by atoms with van der Waals surface area (Å²) in [5.74, 6) is -1.54. The van der Waals surface area contributed by atoms with Crippen molar-refractivity contribution in [3.63, 3.8) is 0 Å². The minimum Gasteiger partial charge on any atom is -0.545 e. The Kier molecular flexibility index (Phi) is 3.16. The Hall–Kier alpha value is -2.14. The van der Waals surface area contributed by atoms with Crippen molar-refractivity contribution in [1.29, 1.82) is 0 Å². The summed E-state index contributed by atoms with van der Waals surface area (Å²) in [7, 11) is -3.75. The lowest BCUT2D eigenvalue weighted by Gasteiger charge is -2.02. The van der Waals surface area contributed by atoms with E-state index < -0.39 is 15.8 Å². The van der Waals surface area contributed by atoms with Crippen molar-refractivity contribution in [2.75, 3.05) is 0 Å². The van der Waals surface area contributed by atoms with Gasteiger partial charge in [0.1, 0.15) is 0 Å². The van der Waals surface area contributed by atoms with Gasteiger partial charge in [0.2, 0.25) is 0 Å². The summed E-state index contributed by atoms with van der Waals surface area (Å²) in [4.78, 5) is 10.3. The number of carboxylic acids is 1. The van der Waals surface area contributed by atoms with Crippen molar-refractivity contribution >= 4 is 26.6 Å². The Balaban J connectivity index is 2.51. The maximum Gasteiger partial charge on any atom is 0.199 e. The molecule has 0 saturated heterocycles. The van der Waals surface area contributed by atoms with Gasteiger partial charge in [-0.1, -0.05) is 30.3 Å². The fraction of sp³-hybridized carbons (Fsp3) is 0. The Morgan fingerprint density at radius 1 is 1.06 bits per heavy atom. The highest BCUT2D eigenvalue weighted by Crippen LogP contribution is 2.20. The summed E-state index contributed by atoms with van der Waals surface area (Å²) in [6.45, 7) is 0. The number of carbonyl (C=O) groups is 1. The second-order valence-electron chi connectivity index (χ2n) is 3.68. The molecule has 0 fully saturated rings. The minimum absolute atomic E-state index is 0.0544. The average molecular weight is 261 g/mol. The van der Waals surface area contributed by atoms with Crippen LogP contribution in [0.1, 0.15) is 0 Å². The fourth-order valence-corrected chi connectivity index (χ4v) is 2.56. The molecule has 0 N–H and O–H groups in total. The Labute approximate surface area is 104 Å². The molecule has 0 amide bonds. The topological polar surface area (TPSA) is 74.3 Å². The molecule has 0 aliphatic heterocycles. The van der Waals surface area contributed by atoms with Crippen LogP contribution in [0.4, 0.5) is 0 Å². The molecule has 0 heterocycles. The molecule has 0 aliphatic carbocycles. The van der Waals surface area contributed by atoms with Crippen LogP contribution in [-0.2, 0) is 14.6 Å². The number of carboxylic acid groups (broad SMARTS) is 1. The van der Waals surface area contributed by atoms with Crippen LogP contribution in [0.2, 0.25) is 0 Å². The third-order valence-electron chi connectivity index (χ3n) is 2.43. The highest BCUT2D eigenvalue weighted by Gasteiger charge is 2.10. The standard InChI is InChI=1S/C13H10O4S/c14-13(15)7-8-18(16,17)12-6-5-10-3-1-2-4-11(10)9-12/h1-9H,(H,14,15)/p-1/b8-7+. The predicted octanol–water partition coefficient (Wildman–Crippen LogP) is 0.877. The summed E-state index contributed by atoms with van der Waals surface area (Å²) in [6.07, 6.45) is 0.504. The Bertz CT molecular complexity index is 729. The SMILES string of the molecule is O=C([O-])/C=C/S(=O)(=O)c1ccc2ccccc2c1. The molecule has 92 valence electrons. The fourth-order valence-electron chi connectivity index (χ4n) is 1.57. The van der Waals surface area contributed by atoms with Gasteiger partial charge in [-0.3, -0.25) is 0 Å². The summed E-state index contributed by atoms with van der Waals surface area (Å²) in [6, 6.07) is 11.9. The van der Waals surface area contributed by atoms with Crippen molar-refractivity contribution in [1.82, 2.24) is 0 Å². The normalized spacial score (nSPS) is 12.0. The van der Waals surface area contributed by atoms with Gasteiger partial charge in [-0.2, -0.15) is 0 Å². The zero-order chi connectivity index (χ0) is 13.2. The Morgan fingerprint density at radius 2 is 1.72 bits per heavy atom. The lowest BCUT2D eigenvalue weighted by atomic mass is 10.1. The van der Waals surface area contributed by atoms with E-state index in [1.165, 1.54) is 12.1 Å². The first-order valence-corrected chi connectivity index (χ1v) is 6.67. The molecule has 0 radical (unpaired) electrons. The van der Waals surface area contributed by atoms with Gasteiger partial charge in [0, 0.05) is 5.41 Å². The maximum atomic E-state index is 11.8. The lowest BCUT2D eigenvalue weighted by Crippen LogP contribution is -2.19. The number of benzene rings is 2. The van der Waals surface area contributed by atoms with Gasteiger partial charge in [-0.15, -0.1) is 0 Å². The summed E-state index contributed by atoms with van der Waals surface area (Å²) in [5.41, 5.74) is 0. The molecule has 18 heavy (non-hydrogen) atoms. The highest BCUT2D eigenvalue weighted by atomic mass is 32.2. The van der Waals surface area contributed by atoms with E-state index in [0.29, 0.717) is 11.5 Å². The van der Waals surface area contributed by atoms with Crippen LogP contribution in [0.25, 0.3) is 10.8 Å². The molecule has 4 nitrogen and oxygen atoms in total. The molecule has 0 aliphatic rings. The molecule has 0 bridgehead atoms. The monoisotopic (exact) mass is 261 g/mol. The van der Waals surface area contributed by atoms with E-state index in [2.05, 4.69) is 0 Å². The van der Waals surface area contributed by atoms with Gasteiger partial charge in [0.25, 0.3) is 0 Å². The first kappa shape index (κ1) is 12.3. The molecule has 2 aromatic rings. The number of hydrogen-bond acceptors (Lipinski definition) is 4. The first-order chi connectivity index (χ1) is 8.49. The molecular formula is C13H9O4S-. The van der Waals surface area contributed by atoms with E-state index in [1.54, 1.807) is 18.2 Å². The predicted molar refractivity (Wildman–Crippen MR) is 65.3 cm³/mol. The summed E-state index contributed by atoms with van der Waals surface area (Å²) < 4.78 is 23.6. The molecule has 0 atom stereocenters. The lowest BCUT2D eigenvalue weighted by molar-refractivity contribution is -0.297. The molecule has 5 heteroatoms. The quantitative estimate of drug-likeness (QED) is 0.769. The first-order valence-electron chi connectivity index (χ1n) is 5.12. The summed E-state index contributed by atoms with van der Waals surface area (Å²) >= 11 is 0. The third kappa shape index (κ3) is 2.57. The largest absolute Gasteiger partial charge is 0.545 e. The van der Waals surface area contributed by atoms with Crippen LogP contribution < -0.4 is 5.11 Å². The van der Waals surface area contributed by atoms with Crippen molar-refractivity contribution in [2.24, 2.45) is 0 Å². The van der Waals surface area contributed by atoms with E-state index in [1.807, 2.05) is 12.1 Å². The van der Waals surface area contributed by atoms with Gasteiger partial charge in [0.05, 0.1) is 10.9 Å². The van der Waals surface area contributed by atoms with E-state index in [0.717, 1.165) is 10.8 Å². The van der Waals surface area contributed by atoms with Crippen LogP contribution in [0, 0.1) is 0 Å². The highest BCUT2D eigenvalue weighted by molar-refractivity contribution is 7.94. The van der Waals surface area contributed by atoms with E-state index in [-0.39, 0.29) is 4.90 Å². The van der Waals surface area contributed by atoms with Crippen LogP contribution in [0.3, 0.4) is 0 Å². The van der Waals surface area contributed by atoms with Gasteiger partial charge in [-0.25, -0.2) is 8.42 Å². The van der Waals surface area contributed by atoms with Gasteiger partial charge in [-0.05, 0) is 29.0 Å². The van der Waals surface area contributed by atoms with E-state index >= 15 is 0 Å². The molecule has 0 unspecified atom stereocenters. The Morgan fingerprint density at radius 3 is 2.39 bits per heavy atom. The molecule has 0 aromatic heterocycles. The van der Waals surface area contributed by atoms with Crippen LogP contribution in [0.5, 0.6) is 0 Å².